The highest BCUT2D eigenvalue weighted by Gasteiger charge is 2.55. The lowest BCUT2D eigenvalue weighted by atomic mass is 9.76. The van der Waals surface area contributed by atoms with Gasteiger partial charge in [0.15, 0.2) is 0 Å². The second-order valence-corrected chi connectivity index (χ2v) is 7.07. The number of nitrogens with zero attached hydrogens (tertiary/aromatic N) is 1. The van der Waals surface area contributed by atoms with Gasteiger partial charge in [-0.2, -0.15) is 5.06 Å². The summed E-state index contributed by atoms with van der Waals surface area (Å²) in [5.74, 6) is 1.18. The van der Waals surface area contributed by atoms with Crippen LogP contribution in [-0.2, 0) is 11.3 Å². The topological polar surface area (TPSA) is 12.5 Å². The van der Waals surface area contributed by atoms with E-state index in [1.54, 1.807) is 0 Å². The molecule has 1 unspecified atom stereocenters. The second-order valence-electron chi connectivity index (χ2n) is 7.07. The minimum atomic E-state index is 0.360. The molecule has 0 aromatic heterocycles. The smallest absolute Gasteiger partial charge is 0.0882 e. The summed E-state index contributed by atoms with van der Waals surface area (Å²) in [6, 6.07) is 22.5. The Kier molecular flexibility index (Phi) is 3.96. The summed E-state index contributed by atoms with van der Waals surface area (Å²) in [4.78, 5) is 6.30. The van der Waals surface area contributed by atoms with E-state index < -0.39 is 0 Å². The number of aryl methyl sites for hydroxylation is 1. The summed E-state index contributed by atoms with van der Waals surface area (Å²) in [5, 5.41) is 2.28. The Morgan fingerprint density at radius 3 is 2.26 bits per heavy atom. The molecule has 2 aliphatic rings. The highest BCUT2D eigenvalue weighted by Crippen LogP contribution is 2.51. The molecule has 2 nitrogen and oxygen atoms in total. The first-order chi connectivity index (χ1) is 11.3. The van der Waals surface area contributed by atoms with Gasteiger partial charge in [0, 0.05) is 17.9 Å². The van der Waals surface area contributed by atoms with Gasteiger partial charge in [0.05, 0.1) is 12.1 Å². The maximum Gasteiger partial charge on any atom is 0.0882 e. The monoisotopic (exact) mass is 307 g/mol. The van der Waals surface area contributed by atoms with E-state index >= 15 is 0 Å². The molecule has 2 heteroatoms. The van der Waals surface area contributed by atoms with E-state index in [1.165, 1.54) is 17.5 Å². The summed E-state index contributed by atoms with van der Waals surface area (Å²) in [6.07, 6.45) is 2.71. The Bertz CT molecular complexity index is 641. The number of hydrogen-bond donors (Lipinski definition) is 0. The highest BCUT2D eigenvalue weighted by molar-refractivity contribution is 5.23. The van der Waals surface area contributed by atoms with Gasteiger partial charge in [-0.15, -0.1) is 0 Å². The third kappa shape index (κ3) is 2.60. The van der Waals surface area contributed by atoms with Crippen molar-refractivity contribution in [3.05, 3.63) is 71.8 Å². The van der Waals surface area contributed by atoms with Gasteiger partial charge >= 0.3 is 0 Å². The van der Waals surface area contributed by atoms with Crippen LogP contribution in [-0.4, -0.2) is 17.2 Å². The van der Waals surface area contributed by atoms with Crippen LogP contribution in [0, 0.1) is 11.8 Å². The zero-order chi connectivity index (χ0) is 15.8. The molecule has 0 spiro atoms. The van der Waals surface area contributed by atoms with Crippen molar-refractivity contribution in [1.29, 1.82) is 0 Å². The largest absolute Gasteiger partial charge is 0.294 e. The molecule has 2 aromatic rings. The molecule has 0 aliphatic carbocycles. The van der Waals surface area contributed by atoms with Gasteiger partial charge in [0.2, 0.25) is 0 Å². The Balaban J connectivity index is 1.48. The van der Waals surface area contributed by atoms with E-state index in [4.69, 9.17) is 4.84 Å². The van der Waals surface area contributed by atoms with Gasteiger partial charge in [-0.05, 0) is 30.9 Å². The normalized spacial score (nSPS) is 35.6. The van der Waals surface area contributed by atoms with Crippen molar-refractivity contribution in [2.75, 3.05) is 0 Å². The van der Waals surface area contributed by atoms with Crippen LogP contribution in [0.5, 0.6) is 0 Å². The quantitative estimate of drug-likeness (QED) is 0.816. The molecule has 23 heavy (non-hydrogen) atoms. The molecule has 2 bridgehead atoms. The first-order valence-corrected chi connectivity index (χ1v) is 8.79. The van der Waals surface area contributed by atoms with Crippen molar-refractivity contribution in [3.8, 4) is 0 Å². The van der Waals surface area contributed by atoms with E-state index in [2.05, 4.69) is 79.6 Å². The van der Waals surface area contributed by atoms with Crippen molar-refractivity contribution in [2.45, 2.75) is 44.9 Å². The molecule has 2 fully saturated rings. The fraction of sp³-hybridized carbons (Fsp3) is 0.429. The van der Waals surface area contributed by atoms with Gasteiger partial charge in [-0.3, -0.25) is 4.84 Å². The maximum absolute atomic E-state index is 6.30. The zero-order valence-corrected chi connectivity index (χ0v) is 13.9. The first kappa shape index (κ1) is 14.9. The molecular weight excluding hydrogens is 282 g/mol. The second kappa shape index (κ2) is 6.10. The average Bonchev–Trinajstić information content (AvgIpc) is 3.09. The van der Waals surface area contributed by atoms with Crippen LogP contribution < -0.4 is 0 Å². The number of piperidine rings is 1. The fourth-order valence-electron chi connectivity index (χ4n) is 4.48. The minimum Gasteiger partial charge on any atom is -0.294 e. The van der Waals surface area contributed by atoms with Crippen molar-refractivity contribution in [3.63, 3.8) is 0 Å². The Labute approximate surface area is 139 Å². The average molecular weight is 307 g/mol. The Morgan fingerprint density at radius 2 is 1.57 bits per heavy atom. The summed E-state index contributed by atoms with van der Waals surface area (Å²) in [7, 11) is 0. The summed E-state index contributed by atoms with van der Waals surface area (Å²) >= 11 is 0. The van der Waals surface area contributed by atoms with Crippen LogP contribution >= 0.6 is 0 Å². The van der Waals surface area contributed by atoms with Crippen LogP contribution in [0.25, 0.3) is 0 Å². The molecule has 2 saturated heterocycles. The molecule has 2 aliphatic heterocycles. The van der Waals surface area contributed by atoms with Crippen LogP contribution in [0.2, 0.25) is 0 Å². The molecule has 0 saturated carbocycles. The van der Waals surface area contributed by atoms with Gasteiger partial charge in [0.25, 0.3) is 0 Å². The fourth-order valence-corrected chi connectivity index (χ4v) is 4.48. The first-order valence-electron chi connectivity index (χ1n) is 8.79. The van der Waals surface area contributed by atoms with Gasteiger partial charge < -0.3 is 0 Å². The number of rotatable bonds is 4. The molecule has 0 amide bonds. The van der Waals surface area contributed by atoms with Gasteiger partial charge in [-0.25, -0.2) is 0 Å². The minimum absolute atomic E-state index is 0.360. The number of benzene rings is 2. The lowest BCUT2D eigenvalue weighted by Gasteiger charge is -2.36. The van der Waals surface area contributed by atoms with Crippen molar-refractivity contribution < 1.29 is 4.84 Å². The third-order valence-corrected chi connectivity index (χ3v) is 5.73. The standard InChI is InChI=1S/C21H25NO/c1-15-20(18-11-7-4-8-12-18)22-16(2)19(21(15)23-22)14-13-17-9-5-3-6-10-17/h3-12,15-16,19-21H,13-14H2,1-2H3/t15-,16+,19+,20-,21-/m1/s1. The molecule has 4 rings (SSSR count). The van der Waals surface area contributed by atoms with Crippen molar-refractivity contribution >= 4 is 0 Å². The summed E-state index contributed by atoms with van der Waals surface area (Å²) in [5.41, 5.74) is 2.82. The van der Waals surface area contributed by atoms with Crippen LogP contribution in [0.1, 0.15) is 37.4 Å². The van der Waals surface area contributed by atoms with E-state index in [1.807, 2.05) is 0 Å². The molecule has 6 atom stereocenters. The van der Waals surface area contributed by atoms with Gasteiger partial charge in [-0.1, -0.05) is 67.6 Å². The van der Waals surface area contributed by atoms with Crippen molar-refractivity contribution in [1.82, 2.24) is 5.06 Å². The molecule has 2 aromatic carbocycles. The van der Waals surface area contributed by atoms with Crippen LogP contribution in [0.15, 0.2) is 60.7 Å². The number of hydrogen-bond acceptors (Lipinski definition) is 2. The number of fused-ring (bicyclic) bond motifs is 2. The third-order valence-electron chi connectivity index (χ3n) is 5.73. The number of hydroxylamine groups is 2. The molecule has 120 valence electrons. The van der Waals surface area contributed by atoms with Gasteiger partial charge in [0.1, 0.15) is 0 Å². The highest BCUT2D eigenvalue weighted by atomic mass is 16.7. The van der Waals surface area contributed by atoms with Crippen LogP contribution in [0.3, 0.4) is 0 Å². The van der Waals surface area contributed by atoms with E-state index in [9.17, 15) is 0 Å². The van der Waals surface area contributed by atoms with Crippen LogP contribution in [0.4, 0.5) is 0 Å². The predicted molar refractivity (Wildman–Crippen MR) is 92.8 cm³/mol. The van der Waals surface area contributed by atoms with Crippen molar-refractivity contribution in [2.24, 2.45) is 11.8 Å². The lowest BCUT2D eigenvalue weighted by molar-refractivity contribution is -0.131. The predicted octanol–water partition coefficient (Wildman–Crippen LogP) is 4.63. The lowest BCUT2D eigenvalue weighted by Crippen LogP contribution is -2.41. The summed E-state index contributed by atoms with van der Waals surface area (Å²) < 4.78 is 0. The Morgan fingerprint density at radius 1 is 0.913 bits per heavy atom. The summed E-state index contributed by atoms with van der Waals surface area (Å²) in [6.45, 7) is 4.68. The molecular formula is C21H25NO. The molecule has 2 heterocycles. The molecule has 0 N–H and O–H groups in total. The van der Waals surface area contributed by atoms with E-state index in [0.717, 1.165) is 6.42 Å². The SMILES string of the molecule is C[C@H]1[C@H]2ON([C@@H](C)[C@@H]2CCc2ccccc2)[C@H]1c1ccccc1. The molecule has 0 radical (unpaired) electrons. The van der Waals surface area contributed by atoms with E-state index in [-0.39, 0.29) is 0 Å². The van der Waals surface area contributed by atoms with E-state index in [0.29, 0.717) is 30.0 Å². The Hall–Kier alpha value is -1.64. The maximum atomic E-state index is 6.30. The zero-order valence-electron chi connectivity index (χ0n) is 13.9.